The highest BCUT2D eigenvalue weighted by atomic mass is 32.2. The monoisotopic (exact) mass is 391 g/mol. The van der Waals surface area contributed by atoms with Gasteiger partial charge in [-0.3, -0.25) is 4.72 Å². The number of aromatic nitrogens is 2. The van der Waals surface area contributed by atoms with Crippen molar-refractivity contribution in [2.75, 3.05) is 4.72 Å². The van der Waals surface area contributed by atoms with Crippen LogP contribution in [-0.4, -0.2) is 18.4 Å². The molecule has 0 atom stereocenters. The SMILES string of the molecule is Cc1cccc(S(=O)(=O)Nc2ccccc2CCc2nc3ccccc3[nH]2)c1. The van der Waals surface area contributed by atoms with Crippen molar-refractivity contribution in [1.29, 1.82) is 0 Å². The quantitative estimate of drug-likeness (QED) is 0.510. The van der Waals surface area contributed by atoms with E-state index in [4.69, 9.17) is 0 Å². The molecule has 0 unspecified atom stereocenters. The zero-order valence-corrected chi connectivity index (χ0v) is 16.3. The molecule has 28 heavy (non-hydrogen) atoms. The third-order valence-electron chi connectivity index (χ3n) is 4.63. The lowest BCUT2D eigenvalue weighted by atomic mass is 10.1. The summed E-state index contributed by atoms with van der Waals surface area (Å²) in [4.78, 5) is 8.17. The standard InChI is InChI=1S/C22H21N3O2S/c1-16-7-6-9-18(15-16)28(26,27)25-19-10-3-2-8-17(19)13-14-22-23-20-11-4-5-12-21(20)24-22/h2-12,15,25H,13-14H2,1H3,(H,23,24). The van der Waals surface area contributed by atoms with Crippen LogP contribution in [0.25, 0.3) is 11.0 Å². The normalized spacial score (nSPS) is 11.6. The van der Waals surface area contributed by atoms with Gasteiger partial charge in [-0.15, -0.1) is 0 Å². The molecule has 0 bridgehead atoms. The Hall–Kier alpha value is -3.12. The van der Waals surface area contributed by atoms with Gasteiger partial charge in [0.15, 0.2) is 0 Å². The molecule has 0 aliphatic rings. The Balaban J connectivity index is 1.55. The van der Waals surface area contributed by atoms with E-state index >= 15 is 0 Å². The van der Waals surface area contributed by atoms with Crippen molar-refractivity contribution in [3.8, 4) is 0 Å². The molecule has 2 N–H and O–H groups in total. The largest absolute Gasteiger partial charge is 0.342 e. The highest BCUT2D eigenvalue weighted by Gasteiger charge is 2.16. The Morgan fingerprint density at radius 1 is 0.929 bits per heavy atom. The van der Waals surface area contributed by atoms with Gasteiger partial charge in [0.25, 0.3) is 10.0 Å². The van der Waals surface area contributed by atoms with E-state index in [2.05, 4.69) is 14.7 Å². The molecule has 0 fully saturated rings. The van der Waals surface area contributed by atoms with Gasteiger partial charge in [0.2, 0.25) is 0 Å². The second kappa shape index (κ2) is 7.48. The van der Waals surface area contributed by atoms with Crippen LogP contribution in [0.15, 0.2) is 77.7 Å². The molecule has 0 radical (unpaired) electrons. The lowest BCUT2D eigenvalue weighted by Crippen LogP contribution is -2.14. The van der Waals surface area contributed by atoms with Crippen LogP contribution in [0.1, 0.15) is 17.0 Å². The number of nitrogens with one attached hydrogen (secondary N) is 2. The summed E-state index contributed by atoms with van der Waals surface area (Å²) < 4.78 is 28.3. The van der Waals surface area contributed by atoms with Gasteiger partial charge in [-0.25, -0.2) is 13.4 Å². The predicted octanol–water partition coefficient (Wildman–Crippen LogP) is 4.46. The van der Waals surface area contributed by atoms with Crippen molar-refractivity contribution in [2.24, 2.45) is 0 Å². The van der Waals surface area contributed by atoms with Gasteiger partial charge in [-0.2, -0.15) is 0 Å². The summed E-state index contributed by atoms with van der Waals surface area (Å²) in [7, 11) is -3.64. The minimum Gasteiger partial charge on any atom is -0.342 e. The molecular formula is C22H21N3O2S. The van der Waals surface area contributed by atoms with E-state index < -0.39 is 10.0 Å². The molecule has 0 amide bonds. The maximum absolute atomic E-state index is 12.8. The number of nitrogens with zero attached hydrogens (tertiary/aromatic N) is 1. The number of rotatable bonds is 6. The zero-order chi connectivity index (χ0) is 19.6. The molecule has 6 heteroatoms. The van der Waals surface area contributed by atoms with Crippen molar-refractivity contribution >= 4 is 26.7 Å². The van der Waals surface area contributed by atoms with Crippen molar-refractivity contribution in [1.82, 2.24) is 9.97 Å². The van der Waals surface area contributed by atoms with Crippen molar-refractivity contribution in [3.63, 3.8) is 0 Å². The number of benzene rings is 3. The van der Waals surface area contributed by atoms with Gasteiger partial charge in [0.05, 0.1) is 21.6 Å². The smallest absolute Gasteiger partial charge is 0.261 e. The van der Waals surface area contributed by atoms with E-state index in [1.54, 1.807) is 24.3 Å². The average Bonchev–Trinajstić information content (AvgIpc) is 3.10. The van der Waals surface area contributed by atoms with Crippen molar-refractivity contribution in [3.05, 3.63) is 89.7 Å². The molecule has 0 spiro atoms. The fourth-order valence-corrected chi connectivity index (χ4v) is 4.41. The lowest BCUT2D eigenvalue weighted by molar-refractivity contribution is 0.601. The number of hydrogen-bond acceptors (Lipinski definition) is 3. The summed E-state index contributed by atoms with van der Waals surface area (Å²) in [6.07, 6.45) is 1.37. The highest BCUT2D eigenvalue weighted by molar-refractivity contribution is 7.92. The first-order valence-electron chi connectivity index (χ1n) is 9.12. The molecule has 1 aromatic heterocycles. The molecule has 1 heterocycles. The van der Waals surface area contributed by atoms with Crippen LogP contribution in [0.3, 0.4) is 0 Å². The van der Waals surface area contributed by atoms with Crippen molar-refractivity contribution in [2.45, 2.75) is 24.7 Å². The summed E-state index contributed by atoms with van der Waals surface area (Å²) in [6, 6.07) is 22.3. The maximum atomic E-state index is 12.8. The second-order valence-corrected chi connectivity index (χ2v) is 8.46. The third kappa shape index (κ3) is 3.92. The van der Waals surface area contributed by atoms with Gasteiger partial charge in [-0.1, -0.05) is 42.5 Å². The molecule has 142 valence electrons. The zero-order valence-electron chi connectivity index (χ0n) is 15.5. The van der Waals surface area contributed by atoms with Crippen LogP contribution in [-0.2, 0) is 22.9 Å². The molecule has 4 rings (SSSR count). The van der Waals surface area contributed by atoms with Crippen LogP contribution < -0.4 is 4.72 Å². The molecule has 0 aliphatic carbocycles. The van der Waals surface area contributed by atoms with Gasteiger partial charge in [0, 0.05) is 6.42 Å². The minimum absolute atomic E-state index is 0.264. The minimum atomic E-state index is -3.64. The van der Waals surface area contributed by atoms with Crippen LogP contribution >= 0.6 is 0 Å². The van der Waals surface area contributed by atoms with Gasteiger partial charge in [-0.05, 0) is 54.8 Å². The number of fused-ring (bicyclic) bond motifs is 1. The average molecular weight is 391 g/mol. The third-order valence-corrected chi connectivity index (χ3v) is 5.99. The fourth-order valence-electron chi connectivity index (χ4n) is 3.20. The highest BCUT2D eigenvalue weighted by Crippen LogP contribution is 2.22. The van der Waals surface area contributed by atoms with E-state index in [-0.39, 0.29) is 4.90 Å². The Bertz CT molecular complexity index is 1200. The van der Waals surface area contributed by atoms with Gasteiger partial charge in [0.1, 0.15) is 5.82 Å². The van der Waals surface area contributed by atoms with Crippen LogP contribution in [0.2, 0.25) is 0 Å². The number of aryl methyl sites for hydroxylation is 3. The maximum Gasteiger partial charge on any atom is 0.261 e. The summed E-state index contributed by atoms with van der Waals surface area (Å²) in [5.74, 6) is 0.887. The summed E-state index contributed by atoms with van der Waals surface area (Å²) in [5, 5.41) is 0. The number of aromatic amines is 1. The van der Waals surface area contributed by atoms with Gasteiger partial charge >= 0.3 is 0 Å². The lowest BCUT2D eigenvalue weighted by Gasteiger charge is -2.12. The Morgan fingerprint density at radius 3 is 2.54 bits per heavy atom. The van der Waals surface area contributed by atoms with Crippen LogP contribution in [0, 0.1) is 6.92 Å². The predicted molar refractivity (Wildman–Crippen MR) is 112 cm³/mol. The van der Waals surface area contributed by atoms with E-state index in [1.165, 1.54) is 0 Å². The number of imidazole rings is 1. The molecular weight excluding hydrogens is 370 g/mol. The number of H-pyrrole nitrogens is 1. The van der Waals surface area contributed by atoms with Crippen molar-refractivity contribution < 1.29 is 8.42 Å². The van der Waals surface area contributed by atoms with Crippen LogP contribution in [0.4, 0.5) is 5.69 Å². The van der Waals surface area contributed by atoms with Gasteiger partial charge < -0.3 is 4.98 Å². The molecule has 0 saturated carbocycles. The second-order valence-electron chi connectivity index (χ2n) is 6.78. The Morgan fingerprint density at radius 2 is 1.71 bits per heavy atom. The topological polar surface area (TPSA) is 74.8 Å². The number of hydrogen-bond donors (Lipinski definition) is 2. The number of para-hydroxylation sites is 3. The molecule has 0 aliphatic heterocycles. The first kappa shape index (κ1) is 18.3. The van der Waals surface area contributed by atoms with Crippen LogP contribution in [0.5, 0.6) is 0 Å². The van der Waals surface area contributed by atoms with E-state index in [0.29, 0.717) is 18.5 Å². The Kier molecular flexibility index (Phi) is 4.88. The molecule has 0 saturated heterocycles. The number of anilines is 1. The van der Waals surface area contributed by atoms with E-state index in [0.717, 1.165) is 28.0 Å². The first-order chi connectivity index (χ1) is 13.5. The van der Waals surface area contributed by atoms with E-state index in [9.17, 15) is 8.42 Å². The summed E-state index contributed by atoms with van der Waals surface area (Å²) in [5.41, 5.74) is 4.37. The molecule has 4 aromatic rings. The summed E-state index contributed by atoms with van der Waals surface area (Å²) >= 11 is 0. The first-order valence-corrected chi connectivity index (χ1v) is 10.6. The van der Waals surface area contributed by atoms with E-state index in [1.807, 2.05) is 55.5 Å². The fraction of sp³-hybridized carbons (Fsp3) is 0.136. The molecule has 3 aromatic carbocycles. The Labute approximate surface area is 164 Å². The number of sulfonamides is 1. The summed E-state index contributed by atoms with van der Waals surface area (Å²) in [6.45, 7) is 1.88. The molecule has 5 nitrogen and oxygen atoms in total.